The lowest BCUT2D eigenvalue weighted by molar-refractivity contribution is 0.497. The summed E-state index contributed by atoms with van der Waals surface area (Å²) in [6, 6.07) is 81.3. The Morgan fingerprint density at radius 3 is 1.49 bits per heavy atom. The van der Waals surface area contributed by atoms with E-state index in [1.807, 2.05) is 6.07 Å². The number of hydrogen-bond acceptors (Lipinski definition) is 4. The first-order valence-corrected chi connectivity index (χ1v) is 21.7. The van der Waals surface area contributed by atoms with Crippen LogP contribution in [0.25, 0.3) is 44.5 Å². The fourth-order valence-corrected chi connectivity index (χ4v) is 8.56. The lowest BCUT2D eigenvalue weighted by Gasteiger charge is -2.27. The van der Waals surface area contributed by atoms with Crippen molar-refractivity contribution in [3.63, 3.8) is 0 Å². The van der Waals surface area contributed by atoms with Gasteiger partial charge in [0.05, 0.1) is 12.2 Å². The molecule has 0 radical (unpaired) electrons. The Morgan fingerprint density at radius 1 is 0.381 bits per heavy atom. The number of rotatable bonds is 14. The van der Waals surface area contributed by atoms with Gasteiger partial charge in [0.2, 0.25) is 0 Å². The minimum absolute atomic E-state index is 0.160. The summed E-state index contributed by atoms with van der Waals surface area (Å²) >= 11 is 0. The van der Waals surface area contributed by atoms with Crippen LogP contribution in [0.15, 0.2) is 231 Å². The summed E-state index contributed by atoms with van der Waals surface area (Å²) in [6.07, 6.45) is -0.169. The predicted octanol–water partition coefficient (Wildman–Crippen LogP) is 13.7. The van der Waals surface area contributed by atoms with E-state index in [1.54, 1.807) is 0 Å². The molecule has 0 aliphatic rings. The maximum atomic E-state index is 7.11. The summed E-state index contributed by atoms with van der Waals surface area (Å²) in [5.74, 6) is 0. The molecule has 4 nitrogen and oxygen atoms in total. The van der Waals surface area contributed by atoms with Gasteiger partial charge >= 0.3 is 0 Å². The number of aryl methyl sites for hydroxylation is 1. The summed E-state index contributed by atoms with van der Waals surface area (Å²) in [7, 11) is 0. The maximum absolute atomic E-state index is 7.11. The quantitative estimate of drug-likeness (QED) is 0.0825. The van der Waals surface area contributed by atoms with Crippen LogP contribution < -0.4 is 22.1 Å². The van der Waals surface area contributed by atoms with Gasteiger partial charge < -0.3 is 16.8 Å². The monoisotopic (exact) mass is 816 g/mol. The highest BCUT2D eigenvalue weighted by Gasteiger charge is 2.21. The number of nitrogens with two attached hydrogens (primary N) is 2. The van der Waals surface area contributed by atoms with Gasteiger partial charge in [-0.05, 0) is 127 Å². The summed E-state index contributed by atoms with van der Waals surface area (Å²) in [5, 5.41) is 7.46. The minimum Gasteiger partial charge on any atom is -0.366 e. The van der Waals surface area contributed by atoms with Crippen LogP contribution >= 0.6 is 0 Å². The van der Waals surface area contributed by atoms with Crippen molar-refractivity contribution in [2.45, 2.75) is 31.7 Å². The third-order valence-corrected chi connectivity index (χ3v) is 12.0. The van der Waals surface area contributed by atoms with E-state index in [4.69, 9.17) is 11.5 Å². The molecular formula is C59H52N4. The Bertz CT molecular complexity index is 2940. The normalized spacial score (nSPS) is 12.6. The first-order valence-electron chi connectivity index (χ1n) is 21.7. The van der Waals surface area contributed by atoms with E-state index in [-0.39, 0.29) is 6.04 Å². The van der Waals surface area contributed by atoms with Crippen LogP contribution in [0, 0.1) is 6.92 Å². The molecule has 0 saturated carbocycles. The van der Waals surface area contributed by atoms with E-state index in [0.717, 1.165) is 34.4 Å². The predicted molar refractivity (Wildman–Crippen MR) is 264 cm³/mol. The van der Waals surface area contributed by atoms with Crippen LogP contribution in [-0.4, -0.2) is 0 Å². The summed E-state index contributed by atoms with van der Waals surface area (Å²) < 4.78 is 0. The van der Waals surface area contributed by atoms with Gasteiger partial charge in [-0.1, -0.05) is 200 Å². The van der Waals surface area contributed by atoms with Crippen LogP contribution in [0.5, 0.6) is 0 Å². The van der Waals surface area contributed by atoms with Crippen molar-refractivity contribution in [3.8, 4) is 44.5 Å². The van der Waals surface area contributed by atoms with Gasteiger partial charge in [-0.2, -0.15) is 0 Å². The molecule has 3 atom stereocenters. The molecule has 0 amide bonds. The molecule has 0 bridgehead atoms. The molecular weight excluding hydrogens is 765 g/mol. The molecule has 0 aliphatic heterocycles. The fourth-order valence-electron chi connectivity index (χ4n) is 8.56. The van der Waals surface area contributed by atoms with Crippen LogP contribution in [0.1, 0.15) is 57.3 Å². The lowest BCUT2D eigenvalue weighted by atomic mass is 9.91. The largest absolute Gasteiger partial charge is 0.366 e. The van der Waals surface area contributed by atoms with Gasteiger partial charge in [0.1, 0.15) is 6.17 Å². The average Bonchev–Trinajstić information content (AvgIpc) is 3.35. The molecule has 0 spiro atoms. The molecule has 3 unspecified atom stereocenters. The Kier molecular flexibility index (Phi) is 12.5. The van der Waals surface area contributed by atoms with E-state index in [2.05, 4.69) is 242 Å². The minimum atomic E-state index is -0.472. The molecule has 9 rings (SSSR count). The van der Waals surface area contributed by atoms with Gasteiger partial charge in [0.15, 0.2) is 0 Å². The standard InChI is InChI=1S/C59H52N4/c1-41-17-8-10-33-55(41)57(52-30-15-29-50(39-52)49-28-14-26-47(38-49)44-21-6-3-7-22-44)63-59(61)54-32-16-31-53(40-54)58(60)62-56-34-11-9-23-51(56)36-42-18-12-24-45(35-42)48-27-13-25-46(37-48)43-19-4-2-5-20-43/h2-35,37-40,57-59,62-63H,36,60-61H2,1H3. The van der Waals surface area contributed by atoms with Crippen LogP contribution in [0.4, 0.5) is 5.69 Å². The second kappa shape index (κ2) is 19.1. The molecule has 0 aliphatic carbocycles. The van der Waals surface area contributed by atoms with Crippen molar-refractivity contribution in [3.05, 3.63) is 269 Å². The Balaban J connectivity index is 0.930. The second-order valence-electron chi connectivity index (χ2n) is 16.3. The van der Waals surface area contributed by atoms with E-state index < -0.39 is 12.3 Å². The lowest BCUT2D eigenvalue weighted by Crippen LogP contribution is -2.33. The van der Waals surface area contributed by atoms with Gasteiger partial charge in [0, 0.05) is 5.69 Å². The summed E-state index contributed by atoms with van der Waals surface area (Å²) in [5.41, 5.74) is 32.4. The average molecular weight is 817 g/mol. The molecule has 9 aromatic carbocycles. The number of nitrogens with one attached hydrogen (secondary N) is 2. The van der Waals surface area contributed by atoms with Crippen molar-refractivity contribution in [2.75, 3.05) is 5.32 Å². The van der Waals surface area contributed by atoms with Crippen LogP contribution in [-0.2, 0) is 6.42 Å². The molecule has 0 fully saturated rings. The maximum Gasteiger partial charge on any atom is 0.101 e. The Morgan fingerprint density at radius 2 is 0.841 bits per heavy atom. The highest BCUT2D eigenvalue weighted by atomic mass is 15.1. The highest BCUT2D eigenvalue weighted by molar-refractivity contribution is 5.75. The van der Waals surface area contributed by atoms with Crippen LogP contribution in [0.2, 0.25) is 0 Å². The molecule has 0 aromatic heterocycles. The SMILES string of the molecule is Cc1ccccc1C(NC(N)c1cccc(C(N)Nc2ccccc2Cc2cccc(-c3cccc(-c4ccccc4)c3)c2)c1)c1cccc(-c2cccc(-c3ccccc3)c2)c1. The molecule has 0 saturated heterocycles. The molecule has 0 heterocycles. The zero-order valence-corrected chi connectivity index (χ0v) is 35.5. The van der Waals surface area contributed by atoms with Crippen molar-refractivity contribution in [1.29, 1.82) is 0 Å². The topological polar surface area (TPSA) is 76.1 Å². The van der Waals surface area contributed by atoms with Gasteiger partial charge in [0.25, 0.3) is 0 Å². The number of benzene rings is 9. The Hall–Kier alpha value is -7.34. The smallest absolute Gasteiger partial charge is 0.101 e. The van der Waals surface area contributed by atoms with Crippen molar-refractivity contribution < 1.29 is 0 Å². The molecule has 6 N–H and O–H groups in total. The van der Waals surface area contributed by atoms with Crippen molar-refractivity contribution in [2.24, 2.45) is 11.5 Å². The molecule has 63 heavy (non-hydrogen) atoms. The second-order valence-corrected chi connectivity index (χ2v) is 16.3. The van der Waals surface area contributed by atoms with Crippen molar-refractivity contribution >= 4 is 5.69 Å². The van der Waals surface area contributed by atoms with E-state index in [0.29, 0.717) is 0 Å². The van der Waals surface area contributed by atoms with Gasteiger partial charge in [-0.3, -0.25) is 5.32 Å². The van der Waals surface area contributed by atoms with E-state index in [9.17, 15) is 0 Å². The van der Waals surface area contributed by atoms with E-state index >= 15 is 0 Å². The van der Waals surface area contributed by atoms with Gasteiger partial charge in [-0.25, -0.2) is 0 Å². The molecule has 4 heteroatoms. The first kappa shape index (κ1) is 41.0. The fraction of sp³-hybridized carbons (Fsp3) is 0.0847. The Labute approximate surface area is 371 Å². The molecule has 9 aromatic rings. The summed E-state index contributed by atoms with van der Waals surface area (Å²) in [4.78, 5) is 0. The molecule has 308 valence electrons. The number of anilines is 1. The number of para-hydroxylation sites is 1. The highest BCUT2D eigenvalue weighted by Crippen LogP contribution is 2.33. The van der Waals surface area contributed by atoms with Gasteiger partial charge in [-0.15, -0.1) is 0 Å². The zero-order valence-electron chi connectivity index (χ0n) is 35.5. The van der Waals surface area contributed by atoms with Crippen LogP contribution in [0.3, 0.4) is 0 Å². The number of hydrogen-bond donors (Lipinski definition) is 4. The van der Waals surface area contributed by atoms with E-state index in [1.165, 1.54) is 61.2 Å². The third-order valence-electron chi connectivity index (χ3n) is 12.0. The third kappa shape index (κ3) is 9.75. The van der Waals surface area contributed by atoms with Crippen molar-refractivity contribution in [1.82, 2.24) is 5.32 Å². The first-order chi connectivity index (χ1) is 30.9. The zero-order chi connectivity index (χ0) is 43.0. The summed E-state index contributed by atoms with van der Waals surface area (Å²) in [6.45, 7) is 2.16.